The van der Waals surface area contributed by atoms with E-state index >= 15 is 0 Å². The molecule has 2 N–H and O–H groups in total. The molecular weight excluding hydrogens is 266 g/mol. The van der Waals surface area contributed by atoms with Gasteiger partial charge in [-0.1, -0.05) is 30.3 Å². The average molecular weight is 285 g/mol. The van der Waals surface area contributed by atoms with Crippen LogP contribution in [0.25, 0.3) is 0 Å². The number of aromatic nitrogens is 2. The zero-order valence-corrected chi connectivity index (χ0v) is 11.8. The van der Waals surface area contributed by atoms with E-state index in [1.807, 2.05) is 24.4 Å². The number of hydrogen-bond donors (Lipinski definition) is 2. The number of hydrogen-bond acceptors (Lipinski definition) is 3. The molecule has 1 aromatic heterocycles. The van der Waals surface area contributed by atoms with Gasteiger partial charge in [-0.25, -0.2) is 9.78 Å². The molecule has 0 aliphatic heterocycles. The van der Waals surface area contributed by atoms with Crippen LogP contribution in [-0.2, 0) is 11.2 Å². The fourth-order valence-electron chi connectivity index (χ4n) is 2.43. The fourth-order valence-corrected chi connectivity index (χ4v) is 2.43. The van der Waals surface area contributed by atoms with Gasteiger partial charge in [-0.05, 0) is 24.8 Å². The molecule has 5 nitrogen and oxygen atoms in total. The van der Waals surface area contributed by atoms with E-state index in [-0.39, 0.29) is 12.1 Å². The minimum absolute atomic E-state index is 0.162. The van der Waals surface area contributed by atoms with Gasteiger partial charge in [0.15, 0.2) is 0 Å². The number of benzene rings is 1. The van der Waals surface area contributed by atoms with Crippen LogP contribution in [0.4, 0.5) is 4.79 Å². The van der Waals surface area contributed by atoms with Gasteiger partial charge < -0.3 is 15.0 Å². The number of H-pyrrole nitrogens is 1. The summed E-state index contributed by atoms with van der Waals surface area (Å²) in [6.45, 7) is 0.445. The minimum atomic E-state index is -0.328. The molecule has 0 saturated heterocycles. The van der Waals surface area contributed by atoms with Crippen molar-refractivity contribution in [1.29, 1.82) is 0 Å². The molecule has 3 rings (SSSR count). The highest BCUT2D eigenvalue weighted by Crippen LogP contribution is 2.39. The topological polar surface area (TPSA) is 67.0 Å². The van der Waals surface area contributed by atoms with Crippen molar-refractivity contribution < 1.29 is 9.53 Å². The highest BCUT2D eigenvalue weighted by molar-refractivity contribution is 5.68. The van der Waals surface area contributed by atoms with E-state index in [9.17, 15) is 4.79 Å². The number of nitrogens with zero attached hydrogens (tertiary/aromatic N) is 1. The number of rotatable bonds is 6. The highest BCUT2D eigenvalue weighted by atomic mass is 16.5. The number of carbonyl (C=O) groups excluding carboxylic acids is 1. The molecule has 0 bridgehead atoms. The maximum Gasteiger partial charge on any atom is 0.407 e. The molecular formula is C16H19N3O2. The Bertz CT molecular complexity index is 568. The molecule has 21 heavy (non-hydrogen) atoms. The molecule has 0 spiro atoms. The SMILES string of the molecule is O=C(NC1CC1c1c[nH]cn1)OCCCc1ccccc1. The fraction of sp³-hybridized carbons (Fsp3) is 0.375. The van der Waals surface area contributed by atoms with Gasteiger partial charge in [-0.2, -0.15) is 0 Å². The Morgan fingerprint density at radius 1 is 1.38 bits per heavy atom. The number of aromatic amines is 1. The van der Waals surface area contributed by atoms with E-state index in [4.69, 9.17) is 4.74 Å². The minimum Gasteiger partial charge on any atom is -0.450 e. The second kappa shape index (κ2) is 6.43. The third-order valence-corrected chi connectivity index (χ3v) is 3.68. The van der Waals surface area contributed by atoms with Gasteiger partial charge >= 0.3 is 6.09 Å². The summed E-state index contributed by atoms with van der Waals surface area (Å²) in [5, 5.41) is 2.88. The first kappa shape index (κ1) is 13.7. The summed E-state index contributed by atoms with van der Waals surface area (Å²) in [4.78, 5) is 18.8. The van der Waals surface area contributed by atoms with Crippen molar-refractivity contribution in [2.45, 2.75) is 31.2 Å². The Morgan fingerprint density at radius 2 is 2.24 bits per heavy atom. The normalized spacial score (nSPS) is 20.0. The number of alkyl carbamates (subject to hydrolysis) is 1. The molecule has 1 heterocycles. The van der Waals surface area contributed by atoms with Gasteiger partial charge in [0.1, 0.15) is 0 Å². The summed E-state index contributed by atoms with van der Waals surface area (Å²) in [7, 11) is 0. The number of ether oxygens (including phenoxy) is 1. The zero-order chi connectivity index (χ0) is 14.5. The zero-order valence-electron chi connectivity index (χ0n) is 11.8. The van der Waals surface area contributed by atoms with E-state index in [0.717, 1.165) is 25.0 Å². The first-order valence-electron chi connectivity index (χ1n) is 7.29. The third-order valence-electron chi connectivity index (χ3n) is 3.68. The van der Waals surface area contributed by atoms with E-state index in [0.29, 0.717) is 12.5 Å². The maximum atomic E-state index is 11.7. The van der Waals surface area contributed by atoms with Gasteiger partial charge in [0, 0.05) is 18.2 Å². The average Bonchev–Trinajstić information content (AvgIpc) is 3.05. The Balaban J connectivity index is 1.31. The van der Waals surface area contributed by atoms with E-state index < -0.39 is 0 Å². The van der Waals surface area contributed by atoms with E-state index in [2.05, 4.69) is 27.4 Å². The van der Waals surface area contributed by atoms with Crippen LogP contribution in [0.3, 0.4) is 0 Å². The lowest BCUT2D eigenvalue weighted by Gasteiger charge is -2.06. The van der Waals surface area contributed by atoms with Crippen LogP contribution >= 0.6 is 0 Å². The molecule has 0 radical (unpaired) electrons. The maximum absolute atomic E-state index is 11.7. The van der Waals surface area contributed by atoms with E-state index in [1.54, 1.807) is 6.33 Å². The molecule has 1 aromatic carbocycles. The number of nitrogens with one attached hydrogen (secondary N) is 2. The Hall–Kier alpha value is -2.30. The van der Waals surface area contributed by atoms with Crippen molar-refractivity contribution in [3.05, 3.63) is 54.1 Å². The van der Waals surface area contributed by atoms with Crippen molar-refractivity contribution >= 4 is 6.09 Å². The van der Waals surface area contributed by atoms with Gasteiger partial charge in [0.25, 0.3) is 0 Å². The van der Waals surface area contributed by atoms with Gasteiger partial charge in [0.2, 0.25) is 0 Å². The Labute approximate surface area is 123 Å². The van der Waals surface area contributed by atoms with Crippen LogP contribution in [0.5, 0.6) is 0 Å². The lowest BCUT2D eigenvalue weighted by Crippen LogP contribution is -2.27. The van der Waals surface area contributed by atoms with Crippen molar-refractivity contribution in [2.75, 3.05) is 6.61 Å². The third kappa shape index (κ3) is 3.84. The van der Waals surface area contributed by atoms with Crippen molar-refractivity contribution in [3.63, 3.8) is 0 Å². The number of imidazole rings is 1. The van der Waals surface area contributed by atoms with Crippen molar-refractivity contribution in [1.82, 2.24) is 15.3 Å². The second-order valence-corrected chi connectivity index (χ2v) is 5.31. The lowest BCUT2D eigenvalue weighted by molar-refractivity contribution is 0.144. The molecule has 110 valence electrons. The van der Waals surface area contributed by atoms with Crippen LogP contribution in [-0.4, -0.2) is 28.7 Å². The molecule has 1 amide bonds. The van der Waals surface area contributed by atoms with Crippen LogP contribution in [0.15, 0.2) is 42.9 Å². The highest BCUT2D eigenvalue weighted by Gasteiger charge is 2.41. The quantitative estimate of drug-likeness (QED) is 0.802. The summed E-state index contributed by atoms with van der Waals surface area (Å²) in [5.41, 5.74) is 2.27. The molecule has 2 atom stereocenters. The van der Waals surface area contributed by atoms with Crippen LogP contribution in [0.2, 0.25) is 0 Å². The molecule has 2 unspecified atom stereocenters. The second-order valence-electron chi connectivity index (χ2n) is 5.31. The predicted molar refractivity (Wildman–Crippen MR) is 79.0 cm³/mol. The summed E-state index contributed by atoms with van der Waals surface area (Å²) >= 11 is 0. The molecule has 1 saturated carbocycles. The van der Waals surface area contributed by atoms with Crippen molar-refractivity contribution in [2.24, 2.45) is 0 Å². The van der Waals surface area contributed by atoms with Gasteiger partial charge in [0.05, 0.1) is 18.6 Å². The largest absolute Gasteiger partial charge is 0.450 e. The Kier molecular flexibility index (Phi) is 4.19. The molecule has 5 heteroatoms. The molecule has 1 aliphatic rings. The summed E-state index contributed by atoms with van der Waals surface area (Å²) in [5.74, 6) is 0.327. The molecule has 1 aliphatic carbocycles. The monoisotopic (exact) mass is 285 g/mol. The number of aryl methyl sites for hydroxylation is 1. The van der Waals surface area contributed by atoms with Gasteiger partial charge in [-0.3, -0.25) is 0 Å². The summed E-state index contributed by atoms with van der Waals surface area (Å²) < 4.78 is 5.20. The number of carbonyl (C=O) groups is 1. The first-order valence-corrected chi connectivity index (χ1v) is 7.29. The summed E-state index contributed by atoms with van der Waals surface area (Å²) in [6.07, 6.45) is 5.90. The van der Waals surface area contributed by atoms with Crippen LogP contribution in [0, 0.1) is 0 Å². The number of amides is 1. The standard InChI is InChI=1S/C16H19N3O2/c20-16(19-14-9-13(14)15-10-17-11-18-15)21-8-4-7-12-5-2-1-3-6-12/h1-3,5-6,10-11,13-14H,4,7-9H2,(H,17,18)(H,19,20). The van der Waals surface area contributed by atoms with Crippen LogP contribution in [0.1, 0.15) is 30.0 Å². The summed E-state index contributed by atoms with van der Waals surface area (Å²) in [6, 6.07) is 10.4. The predicted octanol–water partition coefficient (Wildman–Crippen LogP) is 2.62. The van der Waals surface area contributed by atoms with E-state index in [1.165, 1.54) is 5.56 Å². The van der Waals surface area contributed by atoms with Crippen LogP contribution < -0.4 is 5.32 Å². The molecule has 2 aromatic rings. The van der Waals surface area contributed by atoms with Gasteiger partial charge in [-0.15, -0.1) is 0 Å². The first-order chi connectivity index (χ1) is 10.3. The van der Waals surface area contributed by atoms with Crippen molar-refractivity contribution in [3.8, 4) is 0 Å². The Morgan fingerprint density at radius 3 is 3.00 bits per heavy atom. The smallest absolute Gasteiger partial charge is 0.407 e. The lowest BCUT2D eigenvalue weighted by atomic mass is 10.1. The molecule has 1 fully saturated rings.